The van der Waals surface area contributed by atoms with Gasteiger partial charge < -0.3 is 15.3 Å². The van der Waals surface area contributed by atoms with Crippen LogP contribution in [-0.4, -0.2) is 57.4 Å². The molecule has 0 spiro atoms. The van der Waals surface area contributed by atoms with Gasteiger partial charge in [0.2, 0.25) is 0 Å². The average molecular weight is 374 g/mol. The topological polar surface area (TPSA) is 109 Å². The van der Waals surface area contributed by atoms with Crippen molar-refractivity contribution in [3.63, 3.8) is 0 Å². The zero-order chi connectivity index (χ0) is 19.6. The fraction of sp³-hybridized carbons (Fsp3) is 0.579. The standard InChI is InChI=1S/C19H26N4O4/c1-11(2)17(19(25)26)20-13-5-7-14(8-6-13)23(3)18(24)12-4-9-15-16(10-12)22-27-21-15/h4,9-11,13-14,17,20H,5-8H2,1-3H3,(H,25,26)/t13?,14?,17-/m0/s1. The number of hydrogen-bond acceptors (Lipinski definition) is 6. The Morgan fingerprint density at radius 2 is 1.85 bits per heavy atom. The van der Waals surface area contributed by atoms with Crippen molar-refractivity contribution in [2.75, 3.05) is 7.05 Å². The molecule has 1 atom stereocenters. The first kappa shape index (κ1) is 19.3. The monoisotopic (exact) mass is 374 g/mol. The molecule has 2 N–H and O–H groups in total. The van der Waals surface area contributed by atoms with Gasteiger partial charge in [0.25, 0.3) is 5.91 Å². The highest BCUT2D eigenvalue weighted by Gasteiger charge is 2.30. The minimum Gasteiger partial charge on any atom is -0.480 e. The van der Waals surface area contributed by atoms with Crippen molar-refractivity contribution in [1.82, 2.24) is 20.5 Å². The molecule has 146 valence electrons. The smallest absolute Gasteiger partial charge is 0.320 e. The third-order valence-electron chi connectivity index (χ3n) is 5.41. The first-order chi connectivity index (χ1) is 12.9. The molecule has 3 rings (SSSR count). The van der Waals surface area contributed by atoms with Crippen LogP contribution in [-0.2, 0) is 4.79 Å². The molecule has 1 aromatic carbocycles. The molecular weight excluding hydrogens is 348 g/mol. The molecule has 0 unspecified atom stereocenters. The van der Waals surface area contributed by atoms with E-state index >= 15 is 0 Å². The summed E-state index contributed by atoms with van der Waals surface area (Å²) in [5.41, 5.74) is 1.75. The van der Waals surface area contributed by atoms with Crippen LogP contribution in [0.2, 0.25) is 0 Å². The minimum absolute atomic E-state index is 0.0328. The van der Waals surface area contributed by atoms with E-state index in [2.05, 4.69) is 20.3 Å². The number of rotatable bonds is 6. The van der Waals surface area contributed by atoms with Gasteiger partial charge in [-0.3, -0.25) is 9.59 Å². The molecule has 8 heteroatoms. The van der Waals surface area contributed by atoms with Crippen LogP contribution in [0.5, 0.6) is 0 Å². The largest absolute Gasteiger partial charge is 0.480 e. The Hall–Kier alpha value is -2.48. The second-order valence-electron chi connectivity index (χ2n) is 7.62. The van der Waals surface area contributed by atoms with E-state index in [-0.39, 0.29) is 23.9 Å². The van der Waals surface area contributed by atoms with E-state index in [0.717, 1.165) is 25.7 Å². The fourth-order valence-corrected chi connectivity index (χ4v) is 3.72. The summed E-state index contributed by atoms with van der Waals surface area (Å²) in [6.07, 6.45) is 3.40. The van der Waals surface area contributed by atoms with Gasteiger partial charge in [-0.25, -0.2) is 4.63 Å². The Balaban J connectivity index is 1.58. The Kier molecular flexibility index (Phi) is 5.74. The van der Waals surface area contributed by atoms with Crippen molar-refractivity contribution in [3.8, 4) is 0 Å². The van der Waals surface area contributed by atoms with E-state index < -0.39 is 12.0 Å². The molecule has 1 aliphatic rings. The molecule has 1 fully saturated rings. The van der Waals surface area contributed by atoms with Gasteiger partial charge in [-0.15, -0.1) is 0 Å². The predicted molar refractivity (Wildman–Crippen MR) is 99.3 cm³/mol. The summed E-state index contributed by atoms with van der Waals surface area (Å²) in [5.74, 6) is -0.829. The maximum atomic E-state index is 12.8. The van der Waals surface area contributed by atoms with Crippen molar-refractivity contribution in [2.24, 2.45) is 5.92 Å². The molecule has 1 saturated carbocycles. The van der Waals surface area contributed by atoms with Gasteiger partial charge in [-0.1, -0.05) is 13.8 Å². The van der Waals surface area contributed by atoms with Gasteiger partial charge in [0.05, 0.1) is 0 Å². The molecule has 1 aromatic heterocycles. The highest BCUT2D eigenvalue weighted by Crippen LogP contribution is 2.25. The van der Waals surface area contributed by atoms with Crippen LogP contribution in [0.4, 0.5) is 0 Å². The molecule has 1 aliphatic carbocycles. The molecule has 1 amide bonds. The quantitative estimate of drug-likeness (QED) is 0.798. The molecule has 1 heterocycles. The second-order valence-corrected chi connectivity index (χ2v) is 7.62. The van der Waals surface area contributed by atoms with Gasteiger partial charge >= 0.3 is 5.97 Å². The van der Waals surface area contributed by atoms with Crippen LogP contribution in [0, 0.1) is 5.92 Å². The first-order valence-corrected chi connectivity index (χ1v) is 9.35. The van der Waals surface area contributed by atoms with Gasteiger partial charge in [0.15, 0.2) is 0 Å². The fourth-order valence-electron chi connectivity index (χ4n) is 3.72. The SMILES string of the molecule is CC(C)[C@H](NC1CCC(N(C)C(=O)c2ccc3nonc3c2)CC1)C(=O)O. The van der Waals surface area contributed by atoms with E-state index in [9.17, 15) is 14.7 Å². The van der Waals surface area contributed by atoms with E-state index in [4.69, 9.17) is 0 Å². The van der Waals surface area contributed by atoms with Crippen LogP contribution in [0.15, 0.2) is 22.8 Å². The Bertz CT molecular complexity index is 811. The Morgan fingerprint density at radius 1 is 1.19 bits per heavy atom. The predicted octanol–water partition coefficient (Wildman–Crippen LogP) is 2.30. The number of carboxylic acid groups (broad SMARTS) is 1. The molecule has 27 heavy (non-hydrogen) atoms. The zero-order valence-electron chi connectivity index (χ0n) is 15.9. The van der Waals surface area contributed by atoms with Crippen LogP contribution in [0.1, 0.15) is 49.9 Å². The number of carbonyl (C=O) groups excluding carboxylic acids is 1. The average Bonchev–Trinajstić information content (AvgIpc) is 3.12. The molecule has 8 nitrogen and oxygen atoms in total. The number of aliphatic carboxylic acids is 1. The summed E-state index contributed by atoms with van der Waals surface area (Å²) < 4.78 is 4.68. The number of aromatic nitrogens is 2. The number of nitrogens with one attached hydrogen (secondary N) is 1. The number of carbonyl (C=O) groups is 2. The maximum absolute atomic E-state index is 12.8. The van der Waals surface area contributed by atoms with Crippen LogP contribution in [0.3, 0.4) is 0 Å². The van der Waals surface area contributed by atoms with Crippen molar-refractivity contribution in [1.29, 1.82) is 0 Å². The van der Waals surface area contributed by atoms with Crippen molar-refractivity contribution >= 4 is 22.9 Å². The normalized spacial score (nSPS) is 21.3. The third kappa shape index (κ3) is 4.27. The zero-order valence-corrected chi connectivity index (χ0v) is 15.9. The van der Waals surface area contributed by atoms with Gasteiger partial charge in [-0.05, 0) is 60.1 Å². The molecule has 0 bridgehead atoms. The van der Waals surface area contributed by atoms with Gasteiger partial charge in [0, 0.05) is 24.7 Å². The lowest BCUT2D eigenvalue weighted by Crippen LogP contribution is -2.49. The third-order valence-corrected chi connectivity index (χ3v) is 5.41. The molecule has 2 aromatic rings. The van der Waals surface area contributed by atoms with E-state index in [1.165, 1.54) is 0 Å². The van der Waals surface area contributed by atoms with Crippen LogP contribution in [0.25, 0.3) is 11.0 Å². The summed E-state index contributed by atoms with van der Waals surface area (Å²) in [7, 11) is 1.82. The lowest BCUT2D eigenvalue weighted by Gasteiger charge is -2.36. The van der Waals surface area contributed by atoms with Gasteiger partial charge in [-0.2, -0.15) is 0 Å². The van der Waals surface area contributed by atoms with Crippen molar-refractivity contribution in [2.45, 2.75) is 57.7 Å². The van der Waals surface area contributed by atoms with Gasteiger partial charge in [0.1, 0.15) is 17.1 Å². The highest BCUT2D eigenvalue weighted by atomic mass is 16.6. The molecule has 0 radical (unpaired) electrons. The lowest BCUT2D eigenvalue weighted by molar-refractivity contribution is -0.141. The van der Waals surface area contributed by atoms with Crippen LogP contribution >= 0.6 is 0 Å². The molecule has 0 saturated heterocycles. The number of carboxylic acids is 1. The van der Waals surface area contributed by atoms with Crippen molar-refractivity contribution in [3.05, 3.63) is 23.8 Å². The minimum atomic E-state index is -0.808. The summed E-state index contributed by atoms with van der Waals surface area (Å²) in [4.78, 5) is 26.0. The maximum Gasteiger partial charge on any atom is 0.320 e. The number of hydrogen-bond donors (Lipinski definition) is 2. The summed E-state index contributed by atoms with van der Waals surface area (Å²) in [6.45, 7) is 3.82. The Labute approximate surface area is 157 Å². The number of fused-ring (bicyclic) bond motifs is 1. The molecular formula is C19H26N4O4. The summed E-state index contributed by atoms with van der Waals surface area (Å²) in [6, 6.07) is 4.94. The first-order valence-electron chi connectivity index (χ1n) is 9.35. The number of benzene rings is 1. The lowest BCUT2D eigenvalue weighted by atomic mass is 9.89. The summed E-state index contributed by atoms with van der Waals surface area (Å²) in [5, 5.41) is 20.1. The van der Waals surface area contributed by atoms with E-state index in [1.54, 1.807) is 23.1 Å². The van der Waals surface area contributed by atoms with E-state index in [0.29, 0.717) is 16.6 Å². The second kappa shape index (κ2) is 8.04. The Morgan fingerprint density at radius 3 is 2.48 bits per heavy atom. The number of nitrogens with zero attached hydrogens (tertiary/aromatic N) is 3. The van der Waals surface area contributed by atoms with Crippen molar-refractivity contribution < 1.29 is 19.3 Å². The molecule has 0 aliphatic heterocycles. The van der Waals surface area contributed by atoms with E-state index in [1.807, 2.05) is 20.9 Å². The summed E-state index contributed by atoms with van der Waals surface area (Å²) >= 11 is 0. The van der Waals surface area contributed by atoms with Crippen LogP contribution < -0.4 is 5.32 Å². The number of amides is 1. The highest BCUT2D eigenvalue weighted by molar-refractivity contribution is 5.97.